The van der Waals surface area contributed by atoms with Crippen LogP contribution in [0.4, 0.5) is 0 Å². The van der Waals surface area contributed by atoms with E-state index in [1.165, 1.54) is 13.8 Å². The summed E-state index contributed by atoms with van der Waals surface area (Å²) in [5, 5.41) is 30.6. The van der Waals surface area contributed by atoms with Gasteiger partial charge < -0.3 is 20.3 Å². The van der Waals surface area contributed by atoms with E-state index < -0.39 is 24.9 Å². The van der Waals surface area contributed by atoms with Crippen molar-refractivity contribution in [1.29, 1.82) is 0 Å². The number of carbonyl (C=O) groups is 1. The van der Waals surface area contributed by atoms with Gasteiger partial charge in [-0.05, 0) is 6.92 Å². The molecule has 1 aromatic rings. The van der Waals surface area contributed by atoms with Gasteiger partial charge in [-0.2, -0.15) is 4.91 Å². The normalized spacial score (nSPS) is 16.1. The molecule has 8 heteroatoms. The van der Waals surface area contributed by atoms with Gasteiger partial charge >= 0.3 is 0 Å². The summed E-state index contributed by atoms with van der Waals surface area (Å²) in [5.74, 6) is -0.278. The predicted molar refractivity (Wildman–Crippen MR) is 61.0 cm³/mol. The molecular weight excluding hydrogens is 242 g/mol. The fourth-order valence-corrected chi connectivity index (χ4v) is 1.55. The quantitative estimate of drug-likeness (QED) is 0.398. The molecule has 8 nitrogen and oxygen atoms in total. The molecule has 0 radical (unpaired) electrons. The first-order chi connectivity index (χ1) is 8.42. The lowest BCUT2D eigenvalue weighted by Gasteiger charge is -2.19. The van der Waals surface area contributed by atoms with E-state index in [9.17, 15) is 19.9 Å². The summed E-state index contributed by atoms with van der Waals surface area (Å²) in [4.78, 5) is 28.2. The van der Waals surface area contributed by atoms with Crippen molar-refractivity contribution in [1.82, 2.24) is 9.97 Å². The van der Waals surface area contributed by atoms with Crippen molar-refractivity contribution in [2.45, 2.75) is 32.1 Å². The Kier molecular flexibility index (Phi) is 4.65. The van der Waals surface area contributed by atoms with E-state index in [1.54, 1.807) is 0 Å². The standard InChI is InChI=1S/C10H15N3O5/c1-4-7(12-10(11-4)5(2)15)9(17)8(13-18)6(16)3-14/h6,8-9,14,16-17H,3H2,1-2H3,(H,11,12)/t6-,8-,9-/m1/s1. The lowest BCUT2D eigenvalue weighted by atomic mass is 10.0. The van der Waals surface area contributed by atoms with Gasteiger partial charge in [0.1, 0.15) is 12.2 Å². The number of H-pyrrole nitrogens is 1. The zero-order valence-electron chi connectivity index (χ0n) is 9.99. The van der Waals surface area contributed by atoms with Gasteiger partial charge in [0.15, 0.2) is 17.6 Å². The maximum absolute atomic E-state index is 11.1. The van der Waals surface area contributed by atoms with Crippen LogP contribution in [0.25, 0.3) is 0 Å². The smallest absolute Gasteiger partial charge is 0.194 e. The van der Waals surface area contributed by atoms with Gasteiger partial charge in [0.25, 0.3) is 0 Å². The van der Waals surface area contributed by atoms with Gasteiger partial charge in [0.2, 0.25) is 0 Å². The molecule has 18 heavy (non-hydrogen) atoms. The zero-order valence-corrected chi connectivity index (χ0v) is 9.99. The zero-order chi connectivity index (χ0) is 13.9. The number of hydrogen-bond acceptors (Lipinski definition) is 7. The van der Waals surface area contributed by atoms with Crippen molar-refractivity contribution in [3.63, 3.8) is 0 Å². The average Bonchev–Trinajstić information content (AvgIpc) is 2.72. The number of carbonyl (C=O) groups excluding carboxylic acids is 1. The molecule has 0 aromatic carbocycles. The number of aryl methyl sites for hydroxylation is 1. The van der Waals surface area contributed by atoms with E-state index in [1.807, 2.05) is 0 Å². The summed E-state index contributed by atoms with van der Waals surface area (Å²) in [5.41, 5.74) is 0.448. The van der Waals surface area contributed by atoms with Crippen molar-refractivity contribution in [3.8, 4) is 0 Å². The summed E-state index contributed by atoms with van der Waals surface area (Å²) in [6, 6.07) is -1.44. The number of Topliss-reactive ketones (excluding diaryl/α,β-unsaturated/α-hetero) is 1. The number of aromatic nitrogens is 2. The maximum Gasteiger partial charge on any atom is 0.194 e. The molecule has 0 spiro atoms. The third-order valence-corrected chi connectivity index (χ3v) is 2.58. The summed E-state index contributed by atoms with van der Waals surface area (Å²) >= 11 is 0. The van der Waals surface area contributed by atoms with E-state index in [0.717, 1.165) is 0 Å². The second-order valence-corrected chi connectivity index (χ2v) is 3.93. The highest BCUT2D eigenvalue weighted by molar-refractivity contribution is 5.90. The molecule has 4 N–H and O–H groups in total. The van der Waals surface area contributed by atoms with Crippen LogP contribution in [0.2, 0.25) is 0 Å². The first-order valence-corrected chi connectivity index (χ1v) is 5.29. The Morgan fingerprint density at radius 1 is 1.50 bits per heavy atom. The van der Waals surface area contributed by atoms with Crippen LogP contribution in [-0.4, -0.2) is 49.8 Å². The van der Waals surface area contributed by atoms with Gasteiger partial charge in [0.05, 0.1) is 18.0 Å². The maximum atomic E-state index is 11.1. The Bertz CT molecular complexity index is 445. The molecule has 0 saturated carbocycles. The number of aliphatic hydroxyl groups is 3. The Balaban J connectivity index is 3.05. The SMILES string of the molecule is CC(=O)c1nc(C)c([C@@H](O)[C@H](N=O)[C@H](O)CO)[nH]1. The van der Waals surface area contributed by atoms with Gasteiger partial charge in [-0.1, -0.05) is 5.18 Å². The summed E-state index contributed by atoms with van der Waals surface area (Å²) < 4.78 is 0. The number of ketones is 1. The minimum atomic E-state index is -1.49. The highest BCUT2D eigenvalue weighted by Gasteiger charge is 2.31. The Hall–Kier alpha value is -1.64. The minimum absolute atomic E-state index is 0.0460. The lowest BCUT2D eigenvalue weighted by Crippen LogP contribution is -2.33. The molecule has 3 atom stereocenters. The molecule has 0 fully saturated rings. The fourth-order valence-electron chi connectivity index (χ4n) is 1.55. The molecule has 100 valence electrons. The Morgan fingerprint density at radius 3 is 2.50 bits per heavy atom. The Morgan fingerprint density at radius 2 is 2.11 bits per heavy atom. The van der Waals surface area contributed by atoms with Crippen LogP contribution < -0.4 is 0 Å². The monoisotopic (exact) mass is 257 g/mol. The average molecular weight is 257 g/mol. The van der Waals surface area contributed by atoms with Gasteiger partial charge in [-0.25, -0.2) is 4.98 Å². The number of nitroso groups, excluding NO2 is 1. The van der Waals surface area contributed by atoms with Crippen molar-refractivity contribution in [3.05, 3.63) is 22.1 Å². The van der Waals surface area contributed by atoms with E-state index in [2.05, 4.69) is 15.1 Å². The molecule has 0 aliphatic heterocycles. The largest absolute Gasteiger partial charge is 0.394 e. The first-order valence-electron chi connectivity index (χ1n) is 5.29. The third kappa shape index (κ3) is 2.78. The van der Waals surface area contributed by atoms with Crippen LogP contribution >= 0.6 is 0 Å². The molecule has 0 unspecified atom stereocenters. The number of imidazole rings is 1. The van der Waals surface area contributed by atoms with Crippen LogP contribution in [0.3, 0.4) is 0 Å². The molecular formula is C10H15N3O5. The van der Waals surface area contributed by atoms with Crippen LogP contribution in [0, 0.1) is 11.8 Å². The summed E-state index contributed by atoms with van der Waals surface area (Å²) in [7, 11) is 0. The number of aliphatic hydroxyl groups excluding tert-OH is 3. The summed E-state index contributed by atoms with van der Waals surface area (Å²) in [6.07, 6.45) is -2.95. The third-order valence-electron chi connectivity index (χ3n) is 2.58. The first kappa shape index (κ1) is 14.4. The van der Waals surface area contributed by atoms with Crippen molar-refractivity contribution < 1.29 is 20.1 Å². The van der Waals surface area contributed by atoms with Gasteiger partial charge in [-0.3, -0.25) is 4.79 Å². The van der Waals surface area contributed by atoms with Gasteiger partial charge in [0, 0.05) is 6.92 Å². The highest BCUT2D eigenvalue weighted by Crippen LogP contribution is 2.23. The van der Waals surface area contributed by atoms with Crippen LogP contribution in [-0.2, 0) is 0 Å². The fraction of sp³-hybridized carbons (Fsp3) is 0.600. The van der Waals surface area contributed by atoms with E-state index in [4.69, 9.17) is 5.11 Å². The number of nitrogens with one attached hydrogen (secondary N) is 1. The van der Waals surface area contributed by atoms with E-state index >= 15 is 0 Å². The predicted octanol–water partition coefficient (Wildman–Crippen LogP) is -0.558. The number of nitrogens with zero attached hydrogens (tertiary/aromatic N) is 2. The van der Waals surface area contributed by atoms with Crippen molar-refractivity contribution in [2.24, 2.45) is 5.18 Å². The van der Waals surface area contributed by atoms with Crippen molar-refractivity contribution in [2.75, 3.05) is 6.61 Å². The second-order valence-electron chi connectivity index (χ2n) is 3.93. The number of aromatic amines is 1. The van der Waals surface area contributed by atoms with E-state index in [0.29, 0.717) is 5.69 Å². The topological polar surface area (TPSA) is 136 Å². The molecule has 1 heterocycles. The second kappa shape index (κ2) is 5.80. The van der Waals surface area contributed by atoms with Crippen LogP contribution in [0.15, 0.2) is 5.18 Å². The minimum Gasteiger partial charge on any atom is -0.394 e. The number of hydrogen-bond donors (Lipinski definition) is 4. The molecule has 0 bridgehead atoms. The van der Waals surface area contributed by atoms with Gasteiger partial charge in [-0.15, -0.1) is 0 Å². The number of rotatable bonds is 6. The molecule has 1 aromatic heterocycles. The molecule has 0 amide bonds. The van der Waals surface area contributed by atoms with E-state index in [-0.39, 0.29) is 17.3 Å². The highest BCUT2D eigenvalue weighted by atomic mass is 16.3. The van der Waals surface area contributed by atoms with Crippen molar-refractivity contribution >= 4 is 5.78 Å². The summed E-state index contributed by atoms with van der Waals surface area (Å²) in [6.45, 7) is 2.13. The molecule has 0 aliphatic carbocycles. The molecule has 0 aliphatic rings. The molecule has 0 saturated heterocycles. The van der Waals surface area contributed by atoms with Crippen LogP contribution in [0.1, 0.15) is 35.0 Å². The lowest BCUT2D eigenvalue weighted by molar-refractivity contribution is 0.0195. The van der Waals surface area contributed by atoms with Crippen LogP contribution in [0.5, 0.6) is 0 Å². The molecule has 1 rings (SSSR count). The Labute approximate surface area is 103 Å².